The predicted octanol–water partition coefficient (Wildman–Crippen LogP) is 1.48. The SMILES string of the molecule is Cl.O=c1n(CCN2CCOCC2)c2ccccc2n1C1CCNCC1. The lowest BCUT2D eigenvalue weighted by Gasteiger charge is -2.26. The summed E-state index contributed by atoms with van der Waals surface area (Å²) in [5.41, 5.74) is 2.29. The van der Waals surface area contributed by atoms with Crippen LogP contribution in [0.1, 0.15) is 18.9 Å². The fraction of sp³-hybridized carbons (Fsp3) is 0.611. The van der Waals surface area contributed by atoms with Crippen molar-refractivity contribution >= 4 is 23.4 Å². The Bertz CT molecular complexity index is 745. The first kappa shape index (κ1) is 18.5. The van der Waals surface area contributed by atoms with E-state index in [4.69, 9.17) is 4.74 Å². The summed E-state index contributed by atoms with van der Waals surface area (Å²) in [4.78, 5) is 15.5. The Morgan fingerprint density at radius 2 is 1.72 bits per heavy atom. The van der Waals surface area contributed by atoms with Gasteiger partial charge in [-0.3, -0.25) is 14.0 Å². The summed E-state index contributed by atoms with van der Waals surface area (Å²) in [7, 11) is 0. The molecule has 0 radical (unpaired) electrons. The second-order valence-electron chi connectivity index (χ2n) is 6.73. The molecule has 138 valence electrons. The molecule has 2 saturated heterocycles. The van der Waals surface area contributed by atoms with Crippen molar-refractivity contribution < 1.29 is 4.74 Å². The van der Waals surface area contributed by atoms with Crippen molar-refractivity contribution in [3.63, 3.8) is 0 Å². The lowest BCUT2D eigenvalue weighted by Crippen LogP contribution is -2.40. The van der Waals surface area contributed by atoms with Gasteiger partial charge in [-0.2, -0.15) is 0 Å². The van der Waals surface area contributed by atoms with Crippen LogP contribution in [0, 0.1) is 0 Å². The number of halogens is 1. The second-order valence-corrected chi connectivity index (χ2v) is 6.73. The van der Waals surface area contributed by atoms with Gasteiger partial charge < -0.3 is 10.1 Å². The summed E-state index contributed by atoms with van der Waals surface area (Å²) in [6.07, 6.45) is 2.05. The summed E-state index contributed by atoms with van der Waals surface area (Å²) in [6.45, 7) is 7.15. The van der Waals surface area contributed by atoms with Gasteiger partial charge in [0.2, 0.25) is 0 Å². The Morgan fingerprint density at radius 3 is 2.44 bits per heavy atom. The number of benzene rings is 1. The number of ether oxygens (including phenoxy) is 1. The van der Waals surface area contributed by atoms with E-state index in [1.807, 2.05) is 21.3 Å². The van der Waals surface area contributed by atoms with Crippen LogP contribution < -0.4 is 11.0 Å². The van der Waals surface area contributed by atoms with Crippen LogP contribution in [0.3, 0.4) is 0 Å². The summed E-state index contributed by atoms with van der Waals surface area (Å²) in [6, 6.07) is 8.54. The van der Waals surface area contributed by atoms with Gasteiger partial charge in [-0.15, -0.1) is 12.4 Å². The number of aromatic nitrogens is 2. The number of imidazole rings is 1. The molecule has 4 rings (SSSR count). The number of rotatable bonds is 4. The molecule has 7 heteroatoms. The van der Waals surface area contributed by atoms with Crippen LogP contribution in [0.25, 0.3) is 11.0 Å². The number of hydrogen-bond donors (Lipinski definition) is 1. The Balaban J connectivity index is 0.00000182. The molecule has 0 amide bonds. The van der Waals surface area contributed by atoms with Crippen LogP contribution >= 0.6 is 12.4 Å². The van der Waals surface area contributed by atoms with Crippen LogP contribution in [-0.2, 0) is 11.3 Å². The van der Waals surface area contributed by atoms with Crippen LogP contribution in [0.5, 0.6) is 0 Å². The van der Waals surface area contributed by atoms with Crippen molar-refractivity contribution in [2.75, 3.05) is 45.9 Å². The Morgan fingerprint density at radius 1 is 1.04 bits per heavy atom. The third kappa shape index (κ3) is 3.77. The zero-order valence-electron chi connectivity index (χ0n) is 14.5. The average molecular weight is 367 g/mol. The molecule has 0 atom stereocenters. The average Bonchev–Trinajstić information content (AvgIpc) is 2.93. The lowest BCUT2D eigenvalue weighted by molar-refractivity contribution is 0.0364. The van der Waals surface area contributed by atoms with Crippen LogP contribution in [-0.4, -0.2) is 60.0 Å². The smallest absolute Gasteiger partial charge is 0.329 e. The highest BCUT2D eigenvalue weighted by Gasteiger charge is 2.22. The van der Waals surface area contributed by atoms with Crippen molar-refractivity contribution in [2.24, 2.45) is 0 Å². The topological polar surface area (TPSA) is 51.4 Å². The first-order valence-electron chi connectivity index (χ1n) is 9.05. The molecule has 0 spiro atoms. The maximum atomic E-state index is 13.1. The standard InChI is InChI=1S/C18H26N4O2.ClH/c23-18-21(10-9-20-11-13-24-14-12-20)16-3-1-2-4-17(16)22(18)15-5-7-19-8-6-15;/h1-4,15,19H,5-14H2;1H. The van der Waals surface area contributed by atoms with Gasteiger partial charge in [0.15, 0.2) is 0 Å². The minimum absolute atomic E-state index is 0. The van der Waals surface area contributed by atoms with E-state index in [0.717, 1.165) is 76.4 Å². The number of nitrogens with one attached hydrogen (secondary N) is 1. The Kier molecular flexibility index (Phi) is 6.17. The van der Waals surface area contributed by atoms with E-state index in [-0.39, 0.29) is 18.1 Å². The molecule has 1 aromatic carbocycles. The van der Waals surface area contributed by atoms with Gasteiger partial charge in [-0.1, -0.05) is 12.1 Å². The molecule has 1 N–H and O–H groups in total. The van der Waals surface area contributed by atoms with Crippen molar-refractivity contribution in [1.29, 1.82) is 0 Å². The van der Waals surface area contributed by atoms with Crippen molar-refractivity contribution in [3.05, 3.63) is 34.7 Å². The molecule has 2 aliphatic heterocycles. The van der Waals surface area contributed by atoms with Gasteiger partial charge in [0.25, 0.3) is 0 Å². The largest absolute Gasteiger partial charge is 0.379 e. The molecule has 3 heterocycles. The minimum atomic E-state index is 0. The summed E-state index contributed by atoms with van der Waals surface area (Å²) in [5, 5.41) is 3.39. The molecule has 0 saturated carbocycles. The summed E-state index contributed by atoms with van der Waals surface area (Å²) < 4.78 is 9.41. The molecule has 2 aliphatic rings. The molecule has 0 aliphatic carbocycles. The second kappa shape index (κ2) is 8.36. The molecule has 2 aromatic rings. The fourth-order valence-corrected chi connectivity index (χ4v) is 3.93. The van der Waals surface area contributed by atoms with Gasteiger partial charge in [0.05, 0.1) is 24.2 Å². The molecule has 0 bridgehead atoms. The first-order chi connectivity index (χ1) is 11.8. The van der Waals surface area contributed by atoms with Crippen LogP contribution in [0.15, 0.2) is 29.1 Å². The minimum Gasteiger partial charge on any atom is -0.379 e. The Hall–Kier alpha value is -1.34. The predicted molar refractivity (Wildman–Crippen MR) is 102 cm³/mol. The summed E-state index contributed by atoms with van der Waals surface area (Å²) >= 11 is 0. The zero-order chi connectivity index (χ0) is 16.4. The quantitative estimate of drug-likeness (QED) is 0.890. The van der Waals surface area contributed by atoms with E-state index >= 15 is 0 Å². The van der Waals surface area contributed by atoms with Gasteiger partial charge in [-0.05, 0) is 38.1 Å². The highest BCUT2D eigenvalue weighted by Crippen LogP contribution is 2.23. The highest BCUT2D eigenvalue weighted by atomic mass is 35.5. The maximum Gasteiger partial charge on any atom is 0.329 e. The van der Waals surface area contributed by atoms with E-state index in [9.17, 15) is 4.79 Å². The lowest BCUT2D eigenvalue weighted by atomic mass is 10.1. The van der Waals surface area contributed by atoms with Crippen molar-refractivity contribution in [3.8, 4) is 0 Å². The molecule has 1 aromatic heterocycles. The monoisotopic (exact) mass is 366 g/mol. The van der Waals surface area contributed by atoms with Gasteiger partial charge in [-0.25, -0.2) is 4.79 Å². The van der Waals surface area contributed by atoms with E-state index in [1.54, 1.807) is 0 Å². The number of para-hydroxylation sites is 2. The van der Waals surface area contributed by atoms with E-state index in [2.05, 4.69) is 22.3 Å². The Labute approximate surface area is 154 Å². The first-order valence-corrected chi connectivity index (χ1v) is 9.05. The van der Waals surface area contributed by atoms with Crippen LogP contribution in [0.2, 0.25) is 0 Å². The zero-order valence-corrected chi connectivity index (χ0v) is 15.3. The van der Waals surface area contributed by atoms with E-state index in [1.165, 1.54) is 0 Å². The third-order valence-corrected chi connectivity index (χ3v) is 5.29. The number of fused-ring (bicyclic) bond motifs is 1. The normalized spacial score (nSPS) is 19.8. The fourth-order valence-electron chi connectivity index (χ4n) is 3.93. The van der Waals surface area contributed by atoms with Crippen molar-refractivity contribution in [1.82, 2.24) is 19.4 Å². The molecular formula is C18H27ClN4O2. The highest BCUT2D eigenvalue weighted by molar-refractivity contribution is 5.85. The molecule has 0 unspecified atom stereocenters. The van der Waals surface area contributed by atoms with Gasteiger partial charge >= 0.3 is 5.69 Å². The number of hydrogen-bond acceptors (Lipinski definition) is 4. The summed E-state index contributed by atoms with van der Waals surface area (Å²) in [5.74, 6) is 0. The van der Waals surface area contributed by atoms with Crippen molar-refractivity contribution in [2.45, 2.75) is 25.4 Å². The van der Waals surface area contributed by atoms with Gasteiger partial charge in [0, 0.05) is 32.2 Å². The number of nitrogens with zero attached hydrogens (tertiary/aromatic N) is 3. The third-order valence-electron chi connectivity index (χ3n) is 5.29. The van der Waals surface area contributed by atoms with E-state index < -0.39 is 0 Å². The number of piperidine rings is 1. The van der Waals surface area contributed by atoms with Gasteiger partial charge in [0.1, 0.15) is 0 Å². The molecule has 2 fully saturated rings. The molecule has 6 nitrogen and oxygen atoms in total. The van der Waals surface area contributed by atoms with Crippen LogP contribution in [0.4, 0.5) is 0 Å². The maximum absolute atomic E-state index is 13.1. The molecule has 25 heavy (non-hydrogen) atoms. The van der Waals surface area contributed by atoms with E-state index in [0.29, 0.717) is 6.04 Å². The molecular weight excluding hydrogens is 340 g/mol. The number of morpholine rings is 1.